The average Bonchev–Trinajstić information content (AvgIpc) is 2.87. The Hall–Kier alpha value is -3.12. The molecule has 162 valence electrons. The summed E-state index contributed by atoms with van der Waals surface area (Å²) in [6.45, 7) is 4.54. The van der Waals surface area contributed by atoms with E-state index in [1.807, 2.05) is 0 Å². The van der Waals surface area contributed by atoms with Gasteiger partial charge in [0.05, 0.1) is 0 Å². The van der Waals surface area contributed by atoms with Gasteiger partial charge in [-0.25, -0.2) is 0 Å². The largest absolute Gasteiger partial charge is 0.0654 e. The fourth-order valence-corrected chi connectivity index (χ4v) is 4.56. The highest BCUT2D eigenvalue weighted by Crippen LogP contribution is 2.38. The molecule has 4 rings (SSSR count). The Bertz CT molecular complexity index is 1140. The topological polar surface area (TPSA) is 0 Å². The van der Waals surface area contributed by atoms with Gasteiger partial charge in [0.2, 0.25) is 0 Å². The van der Waals surface area contributed by atoms with E-state index < -0.39 is 0 Å². The molecule has 0 spiro atoms. The molecule has 4 aromatic carbocycles. The van der Waals surface area contributed by atoms with E-state index in [2.05, 4.69) is 111 Å². The van der Waals surface area contributed by atoms with Gasteiger partial charge in [0, 0.05) is 0 Å². The predicted molar refractivity (Wildman–Crippen MR) is 140 cm³/mol. The third-order valence-corrected chi connectivity index (χ3v) is 6.34. The Kier molecular flexibility index (Phi) is 7.56. The quantitative estimate of drug-likeness (QED) is 0.254. The second-order valence-electron chi connectivity index (χ2n) is 8.65. The van der Waals surface area contributed by atoms with Crippen molar-refractivity contribution in [2.24, 2.45) is 0 Å². The summed E-state index contributed by atoms with van der Waals surface area (Å²) in [6, 6.07) is 35.8. The molecule has 0 nitrogen and oxygen atoms in total. The Morgan fingerprint density at radius 2 is 1.00 bits per heavy atom. The van der Waals surface area contributed by atoms with Crippen molar-refractivity contribution >= 4 is 0 Å². The number of hydrogen-bond acceptors (Lipinski definition) is 0. The lowest BCUT2D eigenvalue weighted by molar-refractivity contribution is 0.796. The summed E-state index contributed by atoms with van der Waals surface area (Å²) >= 11 is 0. The standard InChI is InChI=1S/C32H34/c1-3-5-14-25-18-10-12-20-29(25)28-22-23-31(27-16-8-7-9-17-27)32(24-28)30-21-13-11-19-26(30)15-6-4-2/h7-13,16-24H,3-6,14-15H2,1-2H3. The molecule has 0 heterocycles. The van der Waals surface area contributed by atoms with E-state index in [0.29, 0.717) is 0 Å². The van der Waals surface area contributed by atoms with Crippen molar-refractivity contribution in [2.45, 2.75) is 52.4 Å². The summed E-state index contributed by atoms with van der Waals surface area (Å²) in [5.74, 6) is 0. The number of unbranched alkanes of at least 4 members (excludes halogenated alkanes) is 2. The first kappa shape index (κ1) is 22.1. The average molecular weight is 419 g/mol. The number of benzene rings is 4. The minimum absolute atomic E-state index is 1.12. The van der Waals surface area contributed by atoms with Crippen LogP contribution in [-0.2, 0) is 12.8 Å². The van der Waals surface area contributed by atoms with Gasteiger partial charge in [0.25, 0.3) is 0 Å². The summed E-state index contributed by atoms with van der Waals surface area (Å²) in [4.78, 5) is 0. The van der Waals surface area contributed by atoms with E-state index in [1.165, 1.54) is 70.2 Å². The van der Waals surface area contributed by atoms with E-state index >= 15 is 0 Å². The van der Waals surface area contributed by atoms with Crippen molar-refractivity contribution in [3.8, 4) is 33.4 Å². The molecule has 0 radical (unpaired) electrons. The van der Waals surface area contributed by atoms with Crippen LogP contribution < -0.4 is 0 Å². The van der Waals surface area contributed by atoms with Gasteiger partial charge in [0.15, 0.2) is 0 Å². The molecular weight excluding hydrogens is 384 g/mol. The summed E-state index contributed by atoms with van der Waals surface area (Å²) in [7, 11) is 0. The summed E-state index contributed by atoms with van der Waals surface area (Å²) in [6.07, 6.45) is 7.14. The van der Waals surface area contributed by atoms with Gasteiger partial charge < -0.3 is 0 Å². The molecule has 0 bridgehead atoms. The fraction of sp³-hybridized carbons (Fsp3) is 0.250. The molecule has 0 fully saturated rings. The van der Waals surface area contributed by atoms with Crippen molar-refractivity contribution in [3.05, 3.63) is 108 Å². The first-order valence-corrected chi connectivity index (χ1v) is 12.2. The first-order valence-electron chi connectivity index (χ1n) is 12.2. The van der Waals surface area contributed by atoms with Gasteiger partial charge in [-0.05, 0) is 76.3 Å². The lowest BCUT2D eigenvalue weighted by atomic mass is 9.87. The first-order chi connectivity index (χ1) is 15.8. The van der Waals surface area contributed by atoms with E-state index in [9.17, 15) is 0 Å². The second kappa shape index (κ2) is 11.0. The molecule has 32 heavy (non-hydrogen) atoms. The predicted octanol–water partition coefficient (Wildman–Crippen LogP) is 9.37. The molecule has 0 aliphatic heterocycles. The van der Waals surface area contributed by atoms with Crippen LogP contribution in [0.1, 0.15) is 50.7 Å². The molecule has 0 unspecified atom stereocenters. The maximum absolute atomic E-state index is 2.43. The van der Waals surface area contributed by atoms with Crippen LogP contribution in [0.2, 0.25) is 0 Å². The Morgan fingerprint density at radius 1 is 0.438 bits per heavy atom. The lowest BCUT2D eigenvalue weighted by Crippen LogP contribution is -1.95. The van der Waals surface area contributed by atoms with Gasteiger partial charge >= 0.3 is 0 Å². The van der Waals surface area contributed by atoms with E-state index in [4.69, 9.17) is 0 Å². The normalized spacial score (nSPS) is 10.9. The van der Waals surface area contributed by atoms with Crippen LogP contribution in [0.3, 0.4) is 0 Å². The highest BCUT2D eigenvalue weighted by molar-refractivity contribution is 5.88. The molecule has 0 aliphatic carbocycles. The number of hydrogen-bond donors (Lipinski definition) is 0. The third kappa shape index (κ3) is 5.02. The van der Waals surface area contributed by atoms with Gasteiger partial charge in [0.1, 0.15) is 0 Å². The molecule has 0 aromatic heterocycles. The van der Waals surface area contributed by atoms with E-state index in [0.717, 1.165) is 12.8 Å². The highest BCUT2D eigenvalue weighted by atomic mass is 14.2. The highest BCUT2D eigenvalue weighted by Gasteiger charge is 2.14. The molecule has 0 atom stereocenters. The zero-order chi connectivity index (χ0) is 22.2. The smallest absolute Gasteiger partial charge is 0.00965 e. The molecule has 0 saturated carbocycles. The molecule has 0 N–H and O–H groups in total. The maximum Gasteiger partial charge on any atom is -0.00965 e. The molecule has 4 aromatic rings. The fourth-order valence-electron chi connectivity index (χ4n) is 4.56. The monoisotopic (exact) mass is 418 g/mol. The lowest BCUT2D eigenvalue weighted by Gasteiger charge is -2.17. The minimum atomic E-state index is 1.12. The Balaban J connectivity index is 1.88. The minimum Gasteiger partial charge on any atom is -0.0654 e. The van der Waals surface area contributed by atoms with Gasteiger partial charge in [-0.2, -0.15) is 0 Å². The van der Waals surface area contributed by atoms with Crippen LogP contribution in [0.25, 0.3) is 33.4 Å². The van der Waals surface area contributed by atoms with Crippen molar-refractivity contribution in [3.63, 3.8) is 0 Å². The van der Waals surface area contributed by atoms with Gasteiger partial charge in [-0.1, -0.05) is 118 Å². The van der Waals surface area contributed by atoms with Crippen LogP contribution in [0.15, 0.2) is 97.1 Å². The summed E-state index contributed by atoms with van der Waals surface area (Å²) in [5, 5.41) is 0. The van der Waals surface area contributed by atoms with Crippen molar-refractivity contribution in [2.75, 3.05) is 0 Å². The molecular formula is C32H34. The molecule has 0 saturated heterocycles. The molecule has 0 amide bonds. The van der Waals surface area contributed by atoms with Crippen LogP contribution in [-0.4, -0.2) is 0 Å². The SMILES string of the molecule is CCCCc1ccccc1-c1ccc(-c2ccccc2)c(-c2ccccc2CCCC)c1. The molecule has 0 heteroatoms. The summed E-state index contributed by atoms with van der Waals surface area (Å²) in [5.41, 5.74) is 10.9. The zero-order valence-corrected chi connectivity index (χ0v) is 19.5. The van der Waals surface area contributed by atoms with Crippen molar-refractivity contribution in [1.29, 1.82) is 0 Å². The number of rotatable bonds is 9. The second-order valence-corrected chi connectivity index (χ2v) is 8.65. The summed E-state index contributed by atoms with van der Waals surface area (Å²) < 4.78 is 0. The third-order valence-electron chi connectivity index (χ3n) is 6.34. The van der Waals surface area contributed by atoms with Crippen molar-refractivity contribution in [1.82, 2.24) is 0 Å². The van der Waals surface area contributed by atoms with E-state index in [-0.39, 0.29) is 0 Å². The van der Waals surface area contributed by atoms with Gasteiger partial charge in [-0.3, -0.25) is 0 Å². The number of aryl methyl sites for hydroxylation is 2. The molecule has 0 aliphatic rings. The van der Waals surface area contributed by atoms with Gasteiger partial charge in [-0.15, -0.1) is 0 Å². The van der Waals surface area contributed by atoms with Crippen molar-refractivity contribution < 1.29 is 0 Å². The van der Waals surface area contributed by atoms with Crippen LogP contribution >= 0.6 is 0 Å². The zero-order valence-electron chi connectivity index (χ0n) is 19.5. The van der Waals surface area contributed by atoms with E-state index in [1.54, 1.807) is 0 Å². The van der Waals surface area contributed by atoms with Crippen LogP contribution in [0.4, 0.5) is 0 Å². The Morgan fingerprint density at radius 3 is 1.66 bits per heavy atom. The van der Waals surface area contributed by atoms with Crippen LogP contribution in [0, 0.1) is 0 Å². The maximum atomic E-state index is 2.43. The van der Waals surface area contributed by atoms with Crippen LogP contribution in [0.5, 0.6) is 0 Å². The Labute approximate surface area is 194 Å².